The first-order chi connectivity index (χ1) is 48.5. The van der Waals surface area contributed by atoms with Crippen LogP contribution in [0.25, 0.3) is 10.9 Å². The number of benzene rings is 4. The van der Waals surface area contributed by atoms with Gasteiger partial charge in [0.1, 0.15) is 60.1 Å². The number of carbonyl (C=O) groups is 11. The molecule has 2 heterocycles. The van der Waals surface area contributed by atoms with Gasteiger partial charge in [0.15, 0.2) is 11.9 Å². The van der Waals surface area contributed by atoms with Crippen LogP contribution in [-0.4, -0.2) is 184 Å². The number of H-pyrrole nitrogens is 1. The zero-order chi connectivity index (χ0) is 74.7. The average molecular weight is 1450 g/mol. The number of hydrogen-bond acceptors (Lipinski definition) is 16. The number of amides is 11. The molecule has 22 N–H and O–H groups in total. The molecule has 1 aliphatic heterocycles. The highest BCUT2D eigenvalue weighted by Gasteiger charge is 2.40. The zero-order valence-electron chi connectivity index (χ0n) is 57.1. The third-order valence-electron chi connectivity index (χ3n) is 16.6. The highest BCUT2D eigenvalue weighted by atomic mass is 35.5. The summed E-state index contributed by atoms with van der Waals surface area (Å²) in [6.07, 6.45) is 1.78. The number of aliphatic imine (C=N–C) groups is 2. The molecule has 33 heteroatoms. The monoisotopic (exact) mass is 1450 g/mol. The number of phenolic OH excluding ortho intramolecular Hbond substituents is 1. The van der Waals surface area contributed by atoms with Gasteiger partial charge in [-0.25, -0.2) is 0 Å². The van der Waals surface area contributed by atoms with Crippen molar-refractivity contribution in [2.45, 2.75) is 159 Å². The van der Waals surface area contributed by atoms with E-state index in [0.29, 0.717) is 33.2 Å². The number of likely N-dealkylation sites (tertiary alicyclic amines) is 1. The number of imide groups is 1. The summed E-state index contributed by atoms with van der Waals surface area (Å²) in [7, 11) is 0. The van der Waals surface area contributed by atoms with Gasteiger partial charge in [-0.3, -0.25) is 68.0 Å². The fourth-order valence-electron chi connectivity index (χ4n) is 11.3. The number of aliphatic hydroxyl groups is 1. The van der Waals surface area contributed by atoms with Gasteiger partial charge in [-0.2, -0.15) is 0 Å². The number of nitrogens with zero attached hydrogens (tertiary/aromatic N) is 3. The van der Waals surface area contributed by atoms with Gasteiger partial charge in [0.05, 0.1) is 12.6 Å². The third-order valence-corrected chi connectivity index (χ3v) is 17.1. The largest absolute Gasteiger partial charge is 0.508 e. The van der Waals surface area contributed by atoms with E-state index in [9.17, 15) is 63.0 Å². The van der Waals surface area contributed by atoms with Crippen LogP contribution < -0.4 is 76.5 Å². The Morgan fingerprint density at radius 2 is 1.02 bits per heavy atom. The number of para-hydroxylation sites is 1. The number of hydrogen-bond donors (Lipinski definition) is 17. The van der Waals surface area contributed by atoms with Crippen LogP contribution >= 0.6 is 23.2 Å². The smallest absolute Gasteiger partial charge is 0.249 e. The van der Waals surface area contributed by atoms with Crippen LogP contribution in [0.1, 0.15) is 94.9 Å². The Hall–Kier alpha value is -10.4. The Kier molecular flexibility index (Phi) is 31.3. The molecule has 0 bridgehead atoms. The van der Waals surface area contributed by atoms with Crippen LogP contribution in [0.4, 0.5) is 0 Å². The number of aromatic nitrogens is 1. The summed E-state index contributed by atoms with van der Waals surface area (Å²) in [5.41, 5.74) is 31.9. The van der Waals surface area contributed by atoms with Crippen LogP contribution in [0.5, 0.6) is 5.75 Å². The molecule has 550 valence electrons. The second-order valence-corrected chi connectivity index (χ2v) is 26.2. The van der Waals surface area contributed by atoms with E-state index in [2.05, 4.69) is 62.8 Å². The second-order valence-electron chi connectivity index (χ2n) is 25.3. The number of aromatic hydroxyl groups is 1. The van der Waals surface area contributed by atoms with Gasteiger partial charge in [-0.15, -0.1) is 0 Å². The van der Waals surface area contributed by atoms with Crippen LogP contribution in [0.15, 0.2) is 113 Å². The van der Waals surface area contributed by atoms with Gasteiger partial charge in [-0.1, -0.05) is 91.6 Å². The number of guanidine groups is 2. The van der Waals surface area contributed by atoms with Crippen molar-refractivity contribution in [2.75, 3.05) is 26.2 Å². The fourth-order valence-corrected chi connectivity index (χ4v) is 11.6. The zero-order valence-corrected chi connectivity index (χ0v) is 58.7. The highest BCUT2D eigenvalue weighted by molar-refractivity contribution is 6.30. The van der Waals surface area contributed by atoms with Crippen LogP contribution in [-0.2, 0) is 78.4 Å². The van der Waals surface area contributed by atoms with Crippen molar-refractivity contribution in [3.05, 3.63) is 136 Å². The van der Waals surface area contributed by atoms with E-state index in [-0.39, 0.29) is 107 Å². The molecule has 1 fully saturated rings. The predicted molar refractivity (Wildman–Crippen MR) is 383 cm³/mol. The summed E-state index contributed by atoms with van der Waals surface area (Å²) >= 11 is 12.2. The minimum absolute atomic E-state index is 0.0122. The predicted octanol–water partition coefficient (Wildman–Crippen LogP) is -0.524. The van der Waals surface area contributed by atoms with Crippen molar-refractivity contribution < 1.29 is 63.0 Å². The van der Waals surface area contributed by atoms with Gasteiger partial charge in [-0.05, 0) is 129 Å². The molecule has 10 atom stereocenters. The number of aliphatic hydroxyl groups excluding tert-OH is 1. The highest BCUT2D eigenvalue weighted by Crippen LogP contribution is 2.23. The van der Waals surface area contributed by atoms with E-state index < -0.39 is 132 Å². The van der Waals surface area contributed by atoms with Gasteiger partial charge in [0.25, 0.3) is 0 Å². The molecule has 102 heavy (non-hydrogen) atoms. The molecule has 6 rings (SSSR count). The number of rotatable bonds is 37. The van der Waals surface area contributed by atoms with Crippen LogP contribution in [0.3, 0.4) is 0 Å². The Bertz CT molecular complexity index is 3790. The SMILES string of the molecule is CC(=O)N[C@H](Cc1ccc(Cl)cc1)C(=O)N[C@H](Cc1ccc(Cl)cc1)C(=O)NC(=O)[C@@H](C)NC(=O)[C@@H]1CCCN1C(=O)[C@H](CCCN=C(N)N)NC(=O)[C@H](CC(C)C)NC(=O)[C@@H](CCCN=C(N)N)NC(=O)[C@H](Cc1ccc(O)cc1)NC(=O)[C@H](CO)NC(=O)[C@H](N)Cc1c[nH]c2ccccc12. The number of fused-ring (bicyclic) bond motifs is 1. The van der Waals surface area contributed by atoms with E-state index in [0.717, 1.165) is 16.5 Å². The molecule has 1 aromatic heterocycles. The molecule has 1 aliphatic rings. The van der Waals surface area contributed by atoms with Crippen molar-refractivity contribution >= 4 is 111 Å². The topological polar surface area (TPSA) is 510 Å². The number of nitrogens with two attached hydrogens (primary N) is 5. The summed E-state index contributed by atoms with van der Waals surface area (Å²) in [5.74, 6) is -10.0. The van der Waals surface area contributed by atoms with Gasteiger partial charge < -0.3 is 91.3 Å². The second kappa shape index (κ2) is 39.6. The summed E-state index contributed by atoms with van der Waals surface area (Å²) in [4.78, 5) is 167. The van der Waals surface area contributed by atoms with Gasteiger partial charge in [0, 0.05) is 73.0 Å². The Balaban J connectivity index is 1.17. The van der Waals surface area contributed by atoms with E-state index in [1.54, 1.807) is 68.6 Å². The van der Waals surface area contributed by atoms with Crippen LogP contribution in [0.2, 0.25) is 10.0 Å². The molecule has 31 nitrogen and oxygen atoms in total. The van der Waals surface area contributed by atoms with Gasteiger partial charge in [0.2, 0.25) is 65.0 Å². The minimum Gasteiger partial charge on any atom is -0.508 e. The number of carbonyl (C=O) groups excluding carboxylic acids is 11. The van der Waals surface area contributed by atoms with Crippen molar-refractivity contribution in [3.8, 4) is 5.75 Å². The molecular weight excluding hydrogens is 1360 g/mol. The number of halogens is 2. The standard InChI is InChI=1S/C69H92Cl2N18O13/c1-37(2)30-52(84-60(95)50(12-7-27-77-68(73)74)82-63(98)54(33-42-19-25-46(92)26-20-42)86-65(100)56(36-90)87-59(94)48(72)34-43-35-79-49-11-6-5-10-47(43)49)61(96)83-51(13-8-28-78-69(75)76)67(102)89-29-9-14-57(89)66(101)80-38(3)58(93)88-64(99)55(32-41-17-23-45(71)24-18-41)85-62(97)53(81-39(4)91)31-40-15-21-44(70)22-16-40/h5-6,10-11,15-26,35,37-38,48,50-57,79,90,92H,7-9,12-14,27-34,36,72H2,1-4H3,(H,80,101)(H,81,91)(H,82,98)(H,83,96)(H,84,95)(H,85,97)(H,86,100)(H,87,94)(H4,73,74,77)(H4,75,76,78)(H,88,93,99)/t38-,48-,50-,51+,52+,53-,54+,55-,56+,57+/m1/s1. The summed E-state index contributed by atoms with van der Waals surface area (Å²) in [5, 5.41) is 45.5. The Labute approximate surface area is 599 Å². The maximum atomic E-state index is 14.9. The number of nitrogens with one attached hydrogen (secondary N) is 10. The number of phenols is 1. The minimum atomic E-state index is -1.62. The fraction of sp³-hybridized carbons (Fsp3) is 0.435. The van der Waals surface area contributed by atoms with Gasteiger partial charge >= 0.3 is 0 Å². The maximum Gasteiger partial charge on any atom is 0.249 e. The van der Waals surface area contributed by atoms with Crippen LogP contribution in [0, 0.1) is 5.92 Å². The van der Waals surface area contributed by atoms with Crippen molar-refractivity contribution in [1.29, 1.82) is 0 Å². The van der Waals surface area contributed by atoms with E-state index in [1.807, 2.05) is 24.3 Å². The maximum absolute atomic E-state index is 14.9. The Morgan fingerprint density at radius 3 is 1.56 bits per heavy atom. The molecule has 1 saturated heterocycles. The van der Waals surface area contributed by atoms with E-state index >= 15 is 0 Å². The average Bonchev–Trinajstić information content (AvgIpc) is 1.65. The number of aromatic amines is 1. The van der Waals surface area contributed by atoms with Crippen molar-refractivity contribution in [2.24, 2.45) is 44.6 Å². The Morgan fingerprint density at radius 1 is 0.559 bits per heavy atom. The first-order valence-corrected chi connectivity index (χ1v) is 34.1. The molecule has 0 radical (unpaired) electrons. The van der Waals surface area contributed by atoms with E-state index in [1.165, 1.54) is 43.0 Å². The first kappa shape index (κ1) is 80.6. The molecular formula is C69H92Cl2N18O13. The molecule has 4 aromatic carbocycles. The summed E-state index contributed by atoms with van der Waals surface area (Å²) in [6.45, 7) is 5.18. The lowest BCUT2D eigenvalue weighted by Crippen LogP contribution is -2.61. The molecule has 0 saturated carbocycles. The third kappa shape index (κ3) is 25.7. The summed E-state index contributed by atoms with van der Waals surface area (Å²) in [6, 6.07) is 12.3. The van der Waals surface area contributed by atoms with E-state index in [4.69, 9.17) is 51.9 Å². The molecule has 0 unspecified atom stereocenters. The normalized spacial score (nSPS) is 15.3. The molecule has 5 aromatic rings. The lowest BCUT2D eigenvalue weighted by molar-refractivity contribution is -0.143. The molecule has 0 aliphatic carbocycles. The van der Waals surface area contributed by atoms with Crippen molar-refractivity contribution in [3.63, 3.8) is 0 Å². The molecule has 0 spiro atoms. The lowest BCUT2D eigenvalue weighted by Gasteiger charge is -2.31. The van der Waals surface area contributed by atoms with Crippen molar-refractivity contribution in [1.82, 2.24) is 57.7 Å². The lowest BCUT2D eigenvalue weighted by atomic mass is 10.0. The quantitative estimate of drug-likeness (QED) is 0.0135. The first-order valence-electron chi connectivity index (χ1n) is 33.3. The molecule has 11 amide bonds. The summed E-state index contributed by atoms with van der Waals surface area (Å²) < 4.78 is 0.